The molecule has 1 aliphatic carbocycles. The van der Waals surface area contributed by atoms with Gasteiger partial charge < -0.3 is 10.4 Å². The van der Waals surface area contributed by atoms with Gasteiger partial charge >= 0.3 is 5.97 Å². The molecule has 4 nitrogen and oxygen atoms in total. The van der Waals surface area contributed by atoms with Crippen LogP contribution in [0.3, 0.4) is 0 Å². The number of halogens is 1. The molecule has 6 heteroatoms. The highest BCUT2D eigenvalue weighted by Gasteiger charge is 2.40. The molecule has 1 fully saturated rings. The Bertz CT molecular complexity index is 474. The number of nitrogens with one attached hydrogen (secondary N) is 1. The van der Waals surface area contributed by atoms with Crippen molar-refractivity contribution in [2.24, 2.45) is 11.8 Å². The van der Waals surface area contributed by atoms with E-state index in [0.717, 1.165) is 15.8 Å². The first-order chi connectivity index (χ1) is 8.49. The van der Waals surface area contributed by atoms with Gasteiger partial charge in [-0.1, -0.05) is 6.92 Å². The Morgan fingerprint density at radius 3 is 2.78 bits per heavy atom. The van der Waals surface area contributed by atoms with E-state index in [1.54, 1.807) is 0 Å². The van der Waals surface area contributed by atoms with Gasteiger partial charge in [-0.3, -0.25) is 4.79 Å². The third kappa shape index (κ3) is 3.11. The van der Waals surface area contributed by atoms with Crippen molar-refractivity contribution in [1.82, 2.24) is 5.32 Å². The Morgan fingerprint density at radius 1 is 1.67 bits per heavy atom. The zero-order chi connectivity index (χ0) is 13.3. The molecule has 1 aromatic rings. The summed E-state index contributed by atoms with van der Waals surface area (Å²) in [7, 11) is 0. The maximum Gasteiger partial charge on any atom is 0.326 e. The maximum absolute atomic E-state index is 11.8. The lowest BCUT2D eigenvalue weighted by molar-refractivity contribution is -0.142. The standard InChI is InChI=1S/C12H14BrNO3S/c1-6-4-7(6)11(15)14-9(12(16)17)5-10-8(13)2-3-18-10/h2-3,6-7,9H,4-5H2,1H3,(H,14,15)(H,16,17)/t6-,7-,9+/m1/s1. The summed E-state index contributed by atoms with van der Waals surface area (Å²) in [6.07, 6.45) is 1.18. The number of hydrogen-bond donors (Lipinski definition) is 2. The average Bonchev–Trinajstić information content (AvgIpc) is 2.90. The first kappa shape index (κ1) is 13.5. The summed E-state index contributed by atoms with van der Waals surface area (Å²) < 4.78 is 0.896. The van der Waals surface area contributed by atoms with E-state index in [4.69, 9.17) is 5.11 Å². The second-order valence-electron chi connectivity index (χ2n) is 4.61. The van der Waals surface area contributed by atoms with Crippen LogP contribution in [0, 0.1) is 11.8 Å². The highest BCUT2D eigenvalue weighted by atomic mass is 79.9. The minimum absolute atomic E-state index is 0.00127. The van der Waals surface area contributed by atoms with Crippen molar-refractivity contribution >= 4 is 39.1 Å². The molecule has 1 amide bonds. The molecule has 1 aromatic heterocycles. The van der Waals surface area contributed by atoms with Gasteiger partial charge in [-0.15, -0.1) is 11.3 Å². The van der Waals surface area contributed by atoms with Crippen molar-refractivity contribution in [3.63, 3.8) is 0 Å². The van der Waals surface area contributed by atoms with Gasteiger partial charge in [-0.05, 0) is 39.7 Å². The zero-order valence-electron chi connectivity index (χ0n) is 9.85. The van der Waals surface area contributed by atoms with Crippen LogP contribution in [0.5, 0.6) is 0 Å². The number of carboxylic acids is 1. The quantitative estimate of drug-likeness (QED) is 0.869. The Balaban J connectivity index is 1.98. The van der Waals surface area contributed by atoms with Crippen LogP contribution >= 0.6 is 27.3 Å². The monoisotopic (exact) mass is 331 g/mol. The number of thiophene rings is 1. The van der Waals surface area contributed by atoms with Crippen molar-refractivity contribution in [3.8, 4) is 0 Å². The van der Waals surface area contributed by atoms with E-state index in [1.165, 1.54) is 11.3 Å². The number of hydrogen-bond acceptors (Lipinski definition) is 3. The molecule has 1 saturated carbocycles. The molecule has 0 aromatic carbocycles. The molecule has 0 spiro atoms. The number of rotatable bonds is 5. The van der Waals surface area contributed by atoms with Gasteiger partial charge in [0.15, 0.2) is 0 Å². The summed E-state index contributed by atoms with van der Waals surface area (Å²) >= 11 is 4.85. The van der Waals surface area contributed by atoms with Crippen LogP contribution < -0.4 is 5.32 Å². The predicted octanol–water partition coefficient (Wildman–Crippen LogP) is 2.28. The van der Waals surface area contributed by atoms with Crippen LogP contribution in [0.25, 0.3) is 0 Å². The summed E-state index contributed by atoms with van der Waals surface area (Å²) in [5.41, 5.74) is 0. The van der Waals surface area contributed by atoms with Gasteiger partial charge in [0.05, 0.1) is 0 Å². The first-order valence-corrected chi connectivity index (χ1v) is 7.41. The van der Waals surface area contributed by atoms with E-state index >= 15 is 0 Å². The fraction of sp³-hybridized carbons (Fsp3) is 0.500. The lowest BCUT2D eigenvalue weighted by atomic mass is 10.1. The van der Waals surface area contributed by atoms with Gasteiger partial charge in [-0.25, -0.2) is 4.79 Å². The second-order valence-corrected chi connectivity index (χ2v) is 6.47. The summed E-state index contributed by atoms with van der Waals surface area (Å²) in [5, 5.41) is 13.7. The third-order valence-corrected chi connectivity index (χ3v) is 5.09. The lowest BCUT2D eigenvalue weighted by Gasteiger charge is -2.14. The van der Waals surface area contributed by atoms with E-state index in [0.29, 0.717) is 12.3 Å². The Labute approximate surface area is 118 Å². The SMILES string of the molecule is C[C@@H]1C[C@H]1C(=O)N[C@@H](Cc1sccc1Br)C(=O)O. The molecule has 0 bridgehead atoms. The fourth-order valence-corrected chi connectivity index (χ4v) is 3.38. The van der Waals surface area contributed by atoms with Crippen LogP contribution in [0.2, 0.25) is 0 Å². The number of carboxylic acid groups (broad SMARTS) is 1. The first-order valence-electron chi connectivity index (χ1n) is 5.74. The van der Waals surface area contributed by atoms with Crippen LogP contribution in [-0.2, 0) is 16.0 Å². The molecule has 18 heavy (non-hydrogen) atoms. The average molecular weight is 332 g/mol. The fourth-order valence-electron chi connectivity index (χ4n) is 1.82. The van der Waals surface area contributed by atoms with E-state index in [-0.39, 0.29) is 11.8 Å². The predicted molar refractivity (Wildman–Crippen MR) is 72.6 cm³/mol. The normalized spacial score (nSPS) is 23.4. The molecule has 3 atom stereocenters. The number of aliphatic carboxylic acids is 1. The summed E-state index contributed by atoms with van der Waals surface area (Å²) in [6, 6.07) is 1.03. The molecule has 0 unspecified atom stereocenters. The Morgan fingerprint density at radius 2 is 2.33 bits per heavy atom. The molecule has 1 heterocycles. The second kappa shape index (κ2) is 5.40. The zero-order valence-corrected chi connectivity index (χ0v) is 12.3. The molecule has 98 valence electrons. The Hall–Kier alpha value is -0.880. The minimum atomic E-state index is -0.989. The minimum Gasteiger partial charge on any atom is -0.480 e. The summed E-state index contributed by atoms with van der Waals surface area (Å²) in [5.74, 6) is -0.744. The van der Waals surface area contributed by atoms with Crippen molar-refractivity contribution in [2.75, 3.05) is 0 Å². The van der Waals surface area contributed by atoms with E-state index in [2.05, 4.69) is 21.2 Å². The van der Waals surface area contributed by atoms with E-state index < -0.39 is 12.0 Å². The van der Waals surface area contributed by atoms with Crippen LogP contribution in [-0.4, -0.2) is 23.0 Å². The van der Waals surface area contributed by atoms with Crippen molar-refractivity contribution in [1.29, 1.82) is 0 Å². The number of carbonyl (C=O) groups is 2. The summed E-state index contributed by atoms with van der Waals surface area (Å²) in [4.78, 5) is 23.9. The van der Waals surface area contributed by atoms with Gasteiger partial charge in [0.2, 0.25) is 5.91 Å². The molecule has 0 radical (unpaired) electrons. The smallest absolute Gasteiger partial charge is 0.326 e. The molecule has 2 rings (SSSR count). The summed E-state index contributed by atoms with van der Waals surface area (Å²) in [6.45, 7) is 2.00. The largest absolute Gasteiger partial charge is 0.480 e. The van der Waals surface area contributed by atoms with Gasteiger partial charge in [0.1, 0.15) is 6.04 Å². The highest BCUT2D eigenvalue weighted by Crippen LogP contribution is 2.37. The molecule has 1 aliphatic rings. The van der Waals surface area contributed by atoms with E-state index in [9.17, 15) is 9.59 Å². The molecule has 0 saturated heterocycles. The van der Waals surface area contributed by atoms with E-state index in [1.807, 2.05) is 18.4 Å². The van der Waals surface area contributed by atoms with Crippen molar-refractivity contribution in [3.05, 3.63) is 20.8 Å². The van der Waals surface area contributed by atoms with Crippen LogP contribution in [0.15, 0.2) is 15.9 Å². The van der Waals surface area contributed by atoms with Crippen molar-refractivity contribution < 1.29 is 14.7 Å². The molecule has 0 aliphatic heterocycles. The van der Waals surface area contributed by atoms with Gasteiger partial charge in [0, 0.05) is 21.7 Å². The molecular weight excluding hydrogens is 318 g/mol. The van der Waals surface area contributed by atoms with Gasteiger partial charge in [-0.2, -0.15) is 0 Å². The van der Waals surface area contributed by atoms with Crippen LogP contribution in [0.1, 0.15) is 18.2 Å². The highest BCUT2D eigenvalue weighted by molar-refractivity contribution is 9.10. The number of carbonyl (C=O) groups excluding carboxylic acids is 1. The Kier molecular flexibility index (Phi) is 4.07. The molecule has 2 N–H and O–H groups in total. The van der Waals surface area contributed by atoms with Crippen molar-refractivity contribution in [2.45, 2.75) is 25.8 Å². The topological polar surface area (TPSA) is 66.4 Å². The third-order valence-electron chi connectivity index (χ3n) is 3.14. The van der Waals surface area contributed by atoms with Gasteiger partial charge in [0.25, 0.3) is 0 Å². The molecular formula is C12H14BrNO3S. The number of amides is 1. The lowest BCUT2D eigenvalue weighted by Crippen LogP contribution is -2.43. The van der Waals surface area contributed by atoms with Crippen LogP contribution in [0.4, 0.5) is 0 Å². The maximum atomic E-state index is 11.8.